The summed E-state index contributed by atoms with van der Waals surface area (Å²) in [5, 5.41) is 22.9. The molecule has 1 heterocycles. The second kappa shape index (κ2) is 4.25. The van der Waals surface area contributed by atoms with E-state index in [0.29, 0.717) is 12.1 Å². The number of rotatable bonds is 3. The van der Waals surface area contributed by atoms with Gasteiger partial charge in [-0.1, -0.05) is 6.92 Å². The van der Waals surface area contributed by atoms with Gasteiger partial charge in [-0.25, -0.2) is 4.79 Å². The Morgan fingerprint density at radius 2 is 2.38 bits per heavy atom. The molecule has 5 heteroatoms. The molecule has 2 atom stereocenters. The number of aromatic carboxylic acids is 1. The van der Waals surface area contributed by atoms with Crippen molar-refractivity contribution < 1.29 is 15.0 Å². The Morgan fingerprint density at radius 1 is 1.62 bits per heavy atom. The lowest BCUT2D eigenvalue weighted by atomic mass is 10.1. The molecule has 0 spiro atoms. The number of nitrogens with zero attached hydrogens (tertiary/aromatic N) is 2. The Kier molecular flexibility index (Phi) is 2.96. The van der Waals surface area contributed by atoms with Gasteiger partial charge in [-0.2, -0.15) is 5.10 Å². The molecule has 0 aromatic carbocycles. The number of hydrogen-bond acceptors (Lipinski definition) is 3. The summed E-state index contributed by atoms with van der Waals surface area (Å²) in [7, 11) is 0. The van der Waals surface area contributed by atoms with E-state index in [9.17, 15) is 9.90 Å². The Hall–Kier alpha value is -1.36. The summed E-state index contributed by atoms with van der Waals surface area (Å²) in [6.45, 7) is 1.90. The van der Waals surface area contributed by atoms with Crippen molar-refractivity contribution in [1.82, 2.24) is 9.78 Å². The highest BCUT2D eigenvalue weighted by atomic mass is 16.4. The van der Waals surface area contributed by atoms with Crippen LogP contribution in [0.3, 0.4) is 0 Å². The van der Waals surface area contributed by atoms with Gasteiger partial charge in [0.05, 0.1) is 24.0 Å². The van der Waals surface area contributed by atoms with Crippen LogP contribution in [0, 0.1) is 0 Å². The lowest BCUT2D eigenvalue weighted by Gasteiger charge is -2.17. The van der Waals surface area contributed by atoms with E-state index in [2.05, 4.69) is 5.10 Å². The third kappa shape index (κ3) is 1.71. The Morgan fingerprint density at radius 3 is 2.88 bits per heavy atom. The van der Waals surface area contributed by atoms with Crippen LogP contribution in [0.2, 0.25) is 0 Å². The fourth-order valence-electron chi connectivity index (χ4n) is 2.41. The third-order valence-corrected chi connectivity index (χ3v) is 3.22. The second-order valence-corrected chi connectivity index (χ2v) is 4.17. The van der Waals surface area contributed by atoms with Crippen molar-refractivity contribution in [3.63, 3.8) is 0 Å². The number of carbonyl (C=O) groups is 1. The van der Waals surface area contributed by atoms with Crippen molar-refractivity contribution in [3.05, 3.63) is 17.5 Å². The summed E-state index contributed by atoms with van der Waals surface area (Å²) in [4.78, 5) is 11.0. The van der Waals surface area contributed by atoms with E-state index in [1.807, 2.05) is 6.92 Å². The van der Waals surface area contributed by atoms with Crippen LogP contribution < -0.4 is 0 Å². The number of carboxylic acid groups (broad SMARTS) is 1. The highest BCUT2D eigenvalue weighted by Gasteiger charge is 2.30. The van der Waals surface area contributed by atoms with Gasteiger partial charge < -0.3 is 10.2 Å². The Bertz CT molecular complexity index is 400. The molecule has 16 heavy (non-hydrogen) atoms. The van der Waals surface area contributed by atoms with Crippen LogP contribution in [0.1, 0.15) is 48.3 Å². The summed E-state index contributed by atoms with van der Waals surface area (Å²) >= 11 is 0. The molecule has 1 aliphatic carbocycles. The first-order valence-electron chi connectivity index (χ1n) is 5.63. The minimum absolute atomic E-state index is 0.0527. The second-order valence-electron chi connectivity index (χ2n) is 4.17. The molecule has 0 radical (unpaired) electrons. The fourth-order valence-corrected chi connectivity index (χ4v) is 2.41. The molecule has 1 aromatic heterocycles. The molecule has 2 N–H and O–H groups in total. The zero-order chi connectivity index (χ0) is 11.7. The van der Waals surface area contributed by atoms with Gasteiger partial charge in [0.25, 0.3) is 0 Å². The maximum absolute atomic E-state index is 11.0. The van der Waals surface area contributed by atoms with Crippen molar-refractivity contribution in [3.8, 4) is 0 Å². The van der Waals surface area contributed by atoms with E-state index in [-0.39, 0.29) is 11.6 Å². The molecule has 2 unspecified atom stereocenters. The molecule has 0 aliphatic heterocycles. The number of carboxylic acids is 1. The first-order chi connectivity index (χ1) is 7.65. The third-order valence-electron chi connectivity index (χ3n) is 3.22. The molecule has 1 aliphatic rings. The quantitative estimate of drug-likeness (QED) is 0.809. The van der Waals surface area contributed by atoms with E-state index in [0.717, 1.165) is 19.3 Å². The molecule has 1 fully saturated rings. The number of aliphatic hydroxyl groups excluding tert-OH is 1. The van der Waals surface area contributed by atoms with E-state index < -0.39 is 12.1 Å². The molecule has 1 aromatic rings. The van der Waals surface area contributed by atoms with E-state index in [4.69, 9.17) is 5.11 Å². The molecule has 2 rings (SSSR count). The average molecular weight is 224 g/mol. The van der Waals surface area contributed by atoms with Crippen molar-refractivity contribution in [1.29, 1.82) is 0 Å². The summed E-state index contributed by atoms with van der Waals surface area (Å²) in [6.07, 6.45) is 4.21. The van der Waals surface area contributed by atoms with Gasteiger partial charge in [-0.3, -0.25) is 4.68 Å². The van der Waals surface area contributed by atoms with Crippen LogP contribution in [0.5, 0.6) is 0 Å². The lowest BCUT2D eigenvalue weighted by molar-refractivity contribution is 0.0694. The summed E-state index contributed by atoms with van der Waals surface area (Å²) < 4.78 is 1.70. The highest BCUT2D eigenvalue weighted by molar-refractivity contribution is 5.88. The van der Waals surface area contributed by atoms with E-state index >= 15 is 0 Å². The topological polar surface area (TPSA) is 75.3 Å². The molecule has 0 bridgehead atoms. The van der Waals surface area contributed by atoms with Crippen LogP contribution >= 0.6 is 0 Å². The zero-order valence-corrected chi connectivity index (χ0v) is 9.26. The minimum Gasteiger partial charge on any atom is -0.478 e. The molecular formula is C11H16N2O3. The van der Waals surface area contributed by atoms with Crippen molar-refractivity contribution in [2.75, 3.05) is 0 Å². The molecule has 5 nitrogen and oxygen atoms in total. The van der Waals surface area contributed by atoms with E-state index in [1.54, 1.807) is 4.68 Å². The standard InChI is InChI=1S/C11H16N2O3/c1-2-8-7(11(15)16)6-12-13(8)9-4-3-5-10(9)14/h6,9-10,14H,2-5H2,1H3,(H,15,16). The molecule has 1 saturated carbocycles. The normalized spacial score (nSPS) is 24.9. The van der Waals surface area contributed by atoms with Crippen LogP contribution in [-0.4, -0.2) is 32.1 Å². The summed E-state index contributed by atoms with van der Waals surface area (Å²) in [5.41, 5.74) is 0.958. The van der Waals surface area contributed by atoms with Gasteiger partial charge in [-0.15, -0.1) is 0 Å². The summed E-state index contributed by atoms with van der Waals surface area (Å²) in [6, 6.07) is -0.0527. The van der Waals surface area contributed by atoms with Crippen molar-refractivity contribution in [2.24, 2.45) is 0 Å². The predicted octanol–water partition coefficient (Wildman–Crippen LogP) is 1.23. The SMILES string of the molecule is CCc1c(C(=O)O)cnn1C1CCCC1O. The molecule has 0 saturated heterocycles. The van der Waals surface area contributed by atoms with Crippen molar-refractivity contribution >= 4 is 5.97 Å². The first-order valence-corrected chi connectivity index (χ1v) is 5.63. The summed E-state index contributed by atoms with van der Waals surface area (Å²) in [5.74, 6) is -0.949. The molecule has 0 amide bonds. The van der Waals surface area contributed by atoms with Crippen LogP contribution in [0.4, 0.5) is 0 Å². The number of aliphatic hydroxyl groups is 1. The minimum atomic E-state index is -0.949. The van der Waals surface area contributed by atoms with Crippen molar-refractivity contribution in [2.45, 2.75) is 44.8 Å². The van der Waals surface area contributed by atoms with Crippen LogP contribution in [0.25, 0.3) is 0 Å². The number of hydrogen-bond donors (Lipinski definition) is 2. The first kappa shape index (κ1) is 11.1. The van der Waals surface area contributed by atoms with Gasteiger partial charge in [0, 0.05) is 0 Å². The fraction of sp³-hybridized carbons (Fsp3) is 0.636. The predicted molar refractivity (Wildman–Crippen MR) is 57.5 cm³/mol. The van der Waals surface area contributed by atoms with Crippen LogP contribution in [-0.2, 0) is 6.42 Å². The smallest absolute Gasteiger partial charge is 0.339 e. The maximum Gasteiger partial charge on any atom is 0.339 e. The van der Waals surface area contributed by atoms with Gasteiger partial charge >= 0.3 is 5.97 Å². The molecular weight excluding hydrogens is 208 g/mol. The van der Waals surface area contributed by atoms with Gasteiger partial charge in [0.2, 0.25) is 0 Å². The zero-order valence-electron chi connectivity index (χ0n) is 9.26. The van der Waals surface area contributed by atoms with Gasteiger partial charge in [0.1, 0.15) is 5.56 Å². The van der Waals surface area contributed by atoms with Gasteiger partial charge in [0.15, 0.2) is 0 Å². The highest BCUT2D eigenvalue weighted by Crippen LogP contribution is 2.31. The van der Waals surface area contributed by atoms with Gasteiger partial charge in [-0.05, 0) is 25.7 Å². The van der Waals surface area contributed by atoms with E-state index in [1.165, 1.54) is 6.20 Å². The largest absolute Gasteiger partial charge is 0.478 e. The lowest BCUT2D eigenvalue weighted by Crippen LogP contribution is -2.21. The monoisotopic (exact) mass is 224 g/mol. The maximum atomic E-state index is 11.0. The Balaban J connectivity index is 2.37. The van der Waals surface area contributed by atoms with Crippen LogP contribution in [0.15, 0.2) is 6.20 Å². The Labute approximate surface area is 93.7 Å². The average Bonchev–Trinajstić information content (AvgIpc) is 2.82. The molecule has 88 valence electrons. The number of aromatic nitrogens is 2.